The molecule has 0 saturated carbocycles. The summed E-state index contributed by atoms with van der Waals surface area (Å²) in [7, 11) is 0.453. The average Bonchev–Trinajstić information content (AvgIpc) is 2.61. The van der Waals surface area contributed by atoms with Crippen molar-refractivity contribution in [3.8, 4) is 0 Å². The van der Waals surface area contributed by atoms with Crippen LogP contribution in [0.5, 0.6) is 0 Å². The molecule has 7 heteroatoms. The standard InChI is InChI=1S/C27H58P2.2C2H4O2.Pd/c1-24(2,3)14-20-28(21-15-25(4,5)6)18-13-19-29(22-16-26(7,8)9)23-17-27(10,11)12;2*1-2(3)4;/h13-23H2,1-12H3;2*1H3,(H,3,4);/q;;;+2/p-2. The summed E-state index contributed by atoms with van der Waals surface area (Å²) in [6.45, 7) is 31.0. The van der Waals surface area contributed by atoms with Crippen LogP contribution < -0.4 is 10.2 Å². The number of rotatable bonds is 12. The third kappa shape index (κ3) is 49.4. The van der Waals surface area contributed by atoms with Crippen LogP contribution in [-0.4, -0.2) is 48.9 Å². The molecule has 0 aromatic carbocycles. The molecule has 0 bridgehead atoms. The van der Waals surface area contributed by atoms with Gasteiger partial charge in [0.25, 0.3) is 0 Å². The van der Waals surface area contributed by atoms with Crippen molar-refractivity contribution in [1.29, 1.82) is 0 Å². The van der Waals surface area contributed by atoms with Crippen LogP contribution in [0.2, 0.25) is 0 Å². The van der Waals surface area contributed by atoms with Crippen LogP contribution in [0.1, 0.15) is 129 Å². The zero-order valence-corrected chi connectivity index (χ0v) is 31.0. The summed E-state index contributed by atoms with van der Waals surface area (Å²) in [6.07, 6.45) is 16.2. The number of hydrogen-bond acceptors (Lipinski definition) is 4. The van der Waals surface area contributed by atoms with E-state index in [0.29, 0.717) is 21.7 Å². The second-order valence-corrected chi connectivity index (χ2v) is 20.6. The molecule has 0 N–H and O–H groups in total. The largest absolute Gasteiger partial charge is 2.00 e. The van der Waals surface area contributed by atoms with E-state index < -0.39 is 11.9 Å². The topological polar surface area (TPSA) is 80.3 Å². The van der Waals surface area contributed by atoms with Crippen molar-refractivity contribution >= 4 is 27.8 Å². The van der Waals surface area contributed by atoms with E-state index in [1.807, 2.05) is 0 Å². The predicted molar refractivity (Wildman–Crippen MR) is 165 cm³/mol. The van der Waals surface area contributed by atoms with Crippen LogP contribution >= 0.6 is 15.8 Å². The van der Waals surface area contributed by atoms with Gasteiger partial charge in [0.2, 0.25) is 0 Å². The molecule has 0 aliphatic carbocycles. The van der Waals surface area contributed by atoms with Crippen LogP contribution in [0.25, 0.3) is 0 Å². The normalized spacial score (nSPS) is 12.2. The molecule has 0 aromatic heterocycles. The Hall–Kier alpha value is 0.462. The van der Waals surface area contributed by atoms with Crippen molar-refractivity contribution in [3.05, 3.63) is 0 Å². The molecule has 0 spiro atoms. The van der Waals surface area contributed by atoms with E-state index in [-0.39, 0.29) is 36.3 Å². The number of hydrogen-bond donors (Lipinski definition) is 0. The Bertz CT molecular complexity index is 501. The summed E-state index contributed by atoms with van der Waals surface area (Å²) in [5, 5.41) is 17.8. The van der Waals surface area contributed by atoms with E-state index >= 15 is 0 Å². The number of carboxylic acid groups (broad SMARTS) is 2. The molecule has 0 fully saturated rings. The Labute approximate surface area is 254 Å². The number of carbonyl (C=O) groups excluding carboxylic acids is 2. The fraction of sp³-hybridized carbons (Fsp3) is 0.935. The molecular weight excluding hydrogens is 605 g/mol. The van der Waals surface area contributed by atoms with Crippen molar-refractivity contribution in [2.45, 2.75) is 129 Å². The summed E-state index contributed by atoms with van der Waals surface area (Å²) >= 11 is 0. The second kappa shape index (κ2) is 22.1. The Morgan fingerprint density at radius 2 is 0.632 bits per heavy atom. The van der Waals surface area contributed by atoms with Gasteiger partial charge in [-0.25, -0.2) is 0 Å². The van der Waals surface area contributed by atoms with Gasteiger partial charge in [-0.2, -0.15) is 0 Å². The third-order valence-electron chi connectivity index (χ3n) is 5.66. The van der Waals surface area contributed by atoms with Gasteiger partial charge >= 0.3 is 20.4 Å². The smallest absolute Gasteiger partial charge is 0.550 e. The van der Waals surface area contributed by atoms with Gasteiger partial charge in [-0.1, -0.05) is 83.1 Å². The van der Waals surface area contributed by atoms with E-state index in [2.05, 4.69) is 83.1 Å². The molecule has 0 atom stereocenters. The Kier molecular flexibility index (Phi) is 26.4. The fourth-order valence-electron chi connectivity index (χ4n) is 3.16. The number of carboxylic acids is 2. The first-order valence-electron chi connectivity index (χ1n) is 14.1. The Balaban J connectivity index is -0.000000559. The van der Waals surface area contributed by atoms with Crippen molar-refractivity contribution in [2.75, 3.05) is 37.0 Å². The first-order valence-corrected chi connectivity index (χ1v) is 17.9. The summed E-state index contributed by atoms with van der Waals surface area (Å²) in [5.41, 5.74) is 1.98. The van der Waals surface area contributed by atoms with Crippen molar-refractivity contribution in [2.24, 2.45) is 21.7 Å². The number of aliphatic carboxylic acids is 2. The second-order valence-electron chi connectivity index (χ2n) is 15.3. The van der Waals surface area contributed by atoms with Gasteiger partial charge in [0, 0.05) is 11.9 Å². The van der Waals surface area contributed by atoms with Crippen LogP contribution in [0.4, 0.5) is 0 Å². The summed E-state index contributed by atoms with van der Waals surface area (Å²) < 4.78 is 0. The molecule has 0 radical (unpaired) electrons. The van der Waals surface area contributed by atoms with Crippen LogP contribution in [-0.2, 0) is 30.0 Å². The van der Waals surface area contributed by atoms with Crippen LogP contribution in [0.15, 0.2) is 0 Å². The quantitative estimate of drug-likeness (QED) is 0.159. The van der Waals surface area contributed by atoms with Crippen molar-refractivity contribution < 1.29 is 40.2 Å². The maximum Gasteiger partial charge on any atom is 2.00 e. The molecule has 232 valence electrons. The zero-order chi connectivity index (χ0) is 30.1. The Morgan fingerprint density at radius 1 is 0.474 bits per heavy atom. The van der Waals surface area contributed by atoms with E-state index in [1.165, 1.54) is 69.1 Å². The number of carbonyl (C=O) groups is 2. The minimum absolute atomic E-state index is 0. The fourth-order valence-corrected chi connectivity index (χ4v) is 9.91. The predicted octanol–water partition coefficient (Wildman–Crippen LogP) is 7.60. The van der Waals surface area contributed by atoms with Gasteiger partial charge < -0.3 is 19.8 Å². The van der Waals surface area contributed by atoms with Gasteiger partial charge in [0.05, 0.1) is 0 Å². The first kappa shape index (κ1) is 45.5. The zero-order valence-electron chi connectivity index (χ0n) is 27.6. The van der Waals surface area contributed by atoms with Gasteiger partial charge in [-0.15, -0.1) is 15.8 Å². The molecule has 0 aromatic rings. The van der Waals surface area contributed by atoms with Gasteiger partial charge in [0.15, 0.2) is 0 Å². The van der Waals surface area contributed by atoms with Gasteiger partial charge in [-0.3, -0.25) is 0 Å². The third-order valence-corrected chi connectivity index (χ3v) is 11.0. The molecule has 4 nitrogen and oxygen atoms in total. The summed E-state index contributed by atoms with van der Waals surface area (Å²) in [5.74, 6) is -2.17. The average molecular weight is 669 g/mol. The molecule has 0 aliphatic rings. The summed E-state index contributed by atoms with van der Waals surface area (Å²) in [6, 6.07) is 0. The molecule has 0 heterocycles. The monoisotopic (exact) mass is 668 g/mol. The molecule has 0 saturated heterocycles. The van der Waals surface area contributed by atoms with Crippen molar-refractivity contribution in [1.82, 2.24) is 0 Å². The Morgan fingerprint density at radius 3 is 0.763 bits per heavy atom. The van der Waals surface area contributed by atoms with E-state index in [4.69, 9.17) is 19.8 Å². The molecule has 38 heavy (non-hydrogen) atoms. The summed E-state index contributed by atoms with van der Waals surface area (Å²) in [4.78, 5) is 17.8. The molecule has 0 amide bonds. The van der Waals surface area contributed by atoms with E-state index in [0.717, 1.165) is 13.8 Å². The van der Waals surface area contributed by atoms with E-state index in [1.54, 1.807) is 0 Å². The first-order chi connectivity index (χ1) is 16.3. The van der Waals surface area contributed by atoms with E-state index in [9.17, 15) is 0 Å². The molecular formula is C31H64O4P2Pd. The molecule has 0 rings (SSSR count). The molecule has 0 aliphatic heterocycles. The minimum atomic E-state index is -1.08. The molecule has 0 unspecified atom stereocenters. The van der Waals surface area contributed by atoms with Gasteiger partial charge in [0.1, 0.15) is 0 Å². The minimum Gasteiger partial charge on any atom is -0.550 e. The van der Waals surface area contributed by atoms with Crippen LogP contribution in [0, 0.1) is 21.7 Å². The SMILES string of the molecule is CC(=O)[O-].CC(=O)[O-].CC(C)(C)CCP(CCCP(CCC(C)(C)C)CCC(C)(C)C)CCC(C)(C)C.[Pd+2]. The maximum absolute atomic E-state index is 8.89. The van der Waals surface area contributed by atoms with Gasteiger partial charge in [-0.05, 0) is 105 Å². The maximum atomic E-state index is 8.89. The van der Waals surface area contributed by atoms with Crippen LogP contribution in [0.3, 0.4) is 0 Å². The van der Waals surface area contributed by atoms with Crippen molar-refractivity contribution in [3.63, 3.8) is 0 Å².